The second-order valence-electron chi connectivity index (χ2n) is 7.85. The van der Waals surface area contributed by atoms with Gasteiger partial charge in [0.05, 0.1) is 25.2 Å². The van der Waals surface area contributed by atoms with Crippen LogP contribution in [0.4, 0.5) is 0 Å². The van der Waals surface area contributed by atoms with Crippen LogP contribution < -0.4 is 0 Å². The fourth-order valence-electron chi connectivity index (χ4n) is 4.63. The molecule has 0 spiro atoms. The second-order valence-corrected chi connectivity index (χ2v) is 7.85. The quantitative estimate of drug-likeness (QED) is 0.535. The molecule has 0 amide bonds. The molecule has 3 rings (SSSR count). The maximum absolute atomic E-state index is 11.3. The summed E-state index contributed by atoms with van der Waals surface area (Å²) in [5, 5.41) is 0. The highest BCUT2D eigenvalue weighted by molar-refractivity contribution is 5.68. The van der Waals surface area contributed by atoms with E-state index in [1.54, 1.807) is 0 Å². The SMILES string of the molecule is C#C[C@@H]1[C@H]2CC[C@H](CCCC(=O)OC)CO[C@H]2C[C@H]1OC1CCCCO1. The Morgan fingerprint density at radius 1 is 1.23 bits per heavy atom. The number of methoxy groups -OCH3 is 1. The van der Waals surface area contributed by atoms with Crippen molar-refractivity contribution in [2.45, 2.75) is 76.3 Å². The maximum Gasteiger partial charge on any atom is 0.305 e. The first-order chi connectivity index (χ1) is 12.7. The van der Waals surface area contributed by atoms with Crippen molar-refractivity contribution in [1.82, 2.24) is 0 Å². The van der Waals surface area contributed by atoms with Gasteiger partial charge in [0.25, 0.3) is 0 Å². The van der Waals surface area contributed by atoms with Crippen LogP contribution in [0, 0.1) is 30.1 Å². The van der Waals surface area contributed by atoms with Gasteiger partial charge < -0.3 is 18.9 Å². The molecule has 2 saturated heterocycles. The summed E-state index contributed by atoms with van der Waals surface area (Å²) in [6.07, 6.45) is 14.7. The molecule has 0 aromatic carbocycles. The third-order valence-electron chi connectivity index (χ3n) is 6.14. The molecule has 0 N–H and O–H groups in total. The van der Waals surface area contributed by atoms with Crippen molar-refractivity contribution in [3.05, 3.63) is 0 Å². The molecule has 3 aliphatic rings. The second kappa shape index (κ2) is 9.73. The summed E-state index contributed by atoms with van der Waals surface area (Å²) in [6.45, 7) is 1.54. The van der Waals surface area contributed by atoms with E-state index in [9.17, 15) is 4.79 Å². The zero-order valence-corrected chi connectivity index (χ0v) is 15.9. The number of fused-ring (bicyclic) bond motifs is 1. The molecule has 1 saturated carbocycles. The summed E-state index contributed by atoms with van der Waals surface area (Å²) in [7, 11) is 1.44. The van der Waals surface area contributed by atoms with Gasteiger partial charge in [-0.25, -0.2) is 0 Å². The lowest BCUT2D eigenvalue weighted by Gasteiger charge is -2.28. The summed E-state index contributed by atoms with van der Waals surface area (Å²) in [4.78, 5) is 11.3. The van der Waals surface area contributed by atoms with Gasteiger partial charge in [-0.1, -0.05) is 0 Å². The fourth-order valence-corrected chi connectivity index (χ4v) is 4.63. The van der Waals surface area contributed by atoms with E-state index in [1.165, 1.54) is 7.11 Å². The highest BCUT2D eigenvalue weighted by atomic mass is 16.7. The first-order valence-corrected chi connectivity index (χ1v) is 10.1. The van der Waals surface area contributed by atoms with Crippen LogP contribution in [-0.2, 0) is 23.7 Å². The number of carbonyl (C=O) groups excluding carboxylic acids is 1. The van der Waals surface area contributed by atoms with Gasteiger partial charge in [-0.05, 0) is 50.9 Å². The first kappa shape index (κ1) is 19.7. The first-order valence-electron chi connectivity index (χ1n) is 10.1. The van der Waals surface area contributed by atoms with E-state index < -0.39 is 0 Å². The molecular formula is C21H32O5. The Hall–Kier alpha value is -1.09. The number of esters is 1. The van der Waals surface area contributed by atoms with Crippen molar-refractivity contribution < 1.29 is 23.7 Å². The van der Waals surface area contributed by atoms with Crippen LogP contribution >= 0.6 is 0 Å². The smallest absolute Gasteiger partial charge is 0.305 e. The molecule has 6 atom stereocenters. The molecule has 0 radical (unpaired) electrons. The van der Waals surface area contributed by atoms with E-state index in [2.05, 4.69) is 5.92 Å². The average molecular weight is 364 g/mol. The van der Waals surface area contributed by atoms with E-state index >= 15 is 0 Å². The molecule has 1 aliphatic carbocycles. The molecular weight excluding hydrogens is 332 g/mol. The van der Waals surface area contributed by atoms with E-state index in [-0.39, 0.29) is 30.4 Å². The average Bonchev–Trinajstić information content (AvgIpc) is 2.87. The van der Waals surface area contributed by atoms with Crippen LogP contribution in [-0.4, -0.2) is 44.8 Å². The Balaban J connectivity index is 1.48. The minimum Gasteiger partial charge on any atom is -0.469 e. The van der Waals surface area contributed by atoms with Crippen LogP contribution in [0.15, 0.2) is 0 Å². The van der Waals surface area contributed by atoms with E-state index in [1.807, 2.05) is 0 Å². The van der Waals surface area contributed by atoms with E-state index in [4.69, 9.17) is 25.4 Å². The lowest BCUT2D eigenvalue weighted by Crippen LogP contribution is -2.30. The molecule has 5 heteroatoms. The van der Waals surface area contributed by atoms with Crippen LogP contribution in [0.1, 0.15) is 57.8 Å². The molecule has 5 nitrogen and oxygen atoms in total. The van der Waals surface area contributed by atoms with Gasteiger partial charge in [0.1, 0.15) is 0 Å². The van der Waals surface area contributed by atoms with Gasteiger partial charge in [-0.2, -0.15) is 0 Å². The molecule has 0 bridgehead atoms. The Morgan fingerprint density at radius 3 is 2.85 bits per heavy atom. The summed E-state index contributed by atoms with van der Waals surface area (Å²) in [6, 6.07) is 0. The van der Waals surface area contributed by atoms with Crippen molar-refractivity contribution in [2.24, 2.45) is 17.8 Å². The molecule has 2 heterocycles. The summed E-state index contributed by atoms with van der Waals surface area (Å²) in [5.41, 5.74) is 0. The normalized spacial score (nSPS) is 37.4. The Bertz CT molecular complexity index is 493. The van der Waals surface area contributed by atoms with Crippen LogP contribution in [0.3, 0.4) is 0 Å². The number of hydrogen-bond acceptors (Lipinski definition) is 5. The van der Waals surface area contributed by atoms with Gasteiger partial charge in [0.2, 0.25) is 0 Å². The number of ether oxygens (including phenoxy) is 4. The largest absolute Gasteiger partial charge is 0.469 e. The molecule has 1 unspecified atom stereocenters. The predicted molar refractivity (Wildman–Crippen MR) is 97.2 cm³/mol. The molecule has 2 aliphatic heterocycles. The number of terminal acetylenes is 1. The van der Waals surface area contributed by atoms with Crippen LogP contribution in [0.2, 0.25) is 0 Å². The predicted octanol–water partition coefficient (Wildman–Crippen LogP) is 3.31. The Kier molecular flexibility index (Phi) is 7.36. The topological polar surface area (TPSA) is 54.0 Å². The zero-order valence-electron chi connectivity index (χ0n) is 15.9. The summed E-state index contributed by atoms with van der Waals surface area (Å²) < 4.78 is 22.9. The van der Waals surface area contributed by atoms with Gasteiger partial charge in [-0.15, -0.1) is 12.3 Å². The Morgan fingerprint density at radius 2 is 2.12 bits per heavy atom. The zero-order chi connectivity index (χ0) is 18.4. The lowest BCUT2D eigenvalue weighted by molar-refractivity contribution is -0.193. The fraction of sp³-hybridized carbons (Fsp3) is 0.857. The van der Waals surface area contributed by atoms with Crippen molar-refractivity contribution in [1.29, 1.82) is 0 Å². The molecule has 26 heavy (non-hydrogen) atoms. The molecule has 0 aromatic heterocycles. The van der Waals surface area contributed by atoms with Crippen molar-refractivity contribution in [2.75, 3.05) is 20.3 Å². The van der Waals surface area contributed by atoms with Gasteiger partial charge >= 0.3 is 5.97 Å². The maximum atomic E-state index is 11.3. The van der Waals surface area contributed by atoms with Crippen LogP contribution in [0.25, 0.3) is 0 Å². The van der Waals surface area contributed by atoms with Gasteiger partial charge in [0.15, 0.2) is 6.29 Å². The highest BCUT2D eigenvalue weighted by Crippen LogP contribution is 2.43. The Labute approximate surface area is 157 Å². The molecule has 0 aromatic rings. The highest BCUT2D eigenvalue weighted by Gasteiger charge is 2.46. The monoisotopic (exact) mass is 364 g/mol. The minimum absolute atomic E-state index is 0.0500. The molecule has 146 valence electrons. The third-order valence-corrected chi connectivity index (χ3v) is 6.14. The number of hydrogen-bond donors (Lipinski definition) is 0. The minimum atomic E-state index is -0.131. The van der Waals surface area contributed by atoms with Gasteiger partial charge in [-0.3, -0.25) is 4.79 Å². The standard InChI is InChI=1S/C21H32O5/c1-3-16-17-11-10-15(7-6-8-20(22)23-2)14-25-18(17)13-19(16)26-21-9-4-5-12-24-21/h1,15-19,21H,4-14H2,2H3/t15-,16+,17+,18-,19+,21?/m0/s1. The van der Waals surface area contributed by atoms with Crippen LogP contribution in [0.5, 0.6) is 0 Å². The van der Waals surface area contributed by atoms with E-state index in [0.717, 1.165) is 64.6 Å². The van der Waals surface area contributed by atoms with E-state index in [0.29, 0.717) is 18.3 Å². The lowest BCUT2D eigenvalue weighted by atomic mass is 9.87. The number of carbonyl (C=O) groups is 1. The van der Waals surface area contributed by atoms with Crippen molar-refractivity contribution >= 4 is 5.97 Å². The van der Waals surface area contributed by atoms with Crippen molar-refractivity contribution in [3.63, 3.8) is 0 Å². The molecule has 3 fully saturated rings. The third kappa shape index (κ3) is 5.00. The van der Waals surface area contributed by atoms with Crippen molar-refractivity contribution in [3.8, 4) is 12.3 Å². The number of rotatable bonds is 6. The van der Waals surface area contributed by atoms with Gasteiger partial charge in [0, 0.05) is 32.0 Å². The summed E-state index contributed by atoms with van der Waals surface area (Å²) >= 11 is 0. The summed E-state index contributed by atoms with van der Waals surface area (Å²) in [5.74, 6) is 3.85.